The second-order valence-electron chi connectivity index (χ2n) is 4.82. The molecule has 0 atom stereocenters. The van der Waals surface area contributed by atoms with Crippen molar-refractivity contribution in [3.63, 3.8) is 0 Å². The second-order valence-corrected chi connectivity index (χ2v) is 6.53. The van der Waals surface area contributed by atoms with Crippen molar-refractivity contribution < 1.29 is 23.1 Å². The number of sulfonamides is 1. The number of aromatic nitrogens is 1. The molecule has 7 nitrogen and oxygen atoms in total. The molecule has 0 spiro atoms. The lowest BCUT2D eigenvalue weighted by molar-refractivity contribution is -0.0965. The van der Waals surface area contributed by atoms with Gasteiger partial charge >= 0.3 is 5.97 Å². The molecule has 1 aliphatic heterocycles. The summed E-state index contributed by atoms with van der Waals surface area (Å²) in [7, 11) is -3.72. The summed E-state index contributed by atoms with van der Waals surface area (Å²) in [6.07, 6.45) is 1.02. The van der Waals surface area contributed by atoms with Crippen LogP contribution in [0, 0.1) is 5.41 Å². The van der Waals surface area contributed by atoms with Crippen LogP contribution >= 0.6 is 0 Å². The Kier molecular flexibility index (Phi) is 3.57. The minimum atomic E-state index is -3.72. The lowest BCUT2D eigenvalue weighted by atomic mass is 9.89. The Morgan fingerprint density at radius 3 is 2.63 bits per heavy atom. The van der Waals surface area contributed by atoms with E-state index in [0.29, 0.717) is 13.2 Å². The predicted octanol–water partition coefficient (Wildman–Crippen LogP) is 0.0946. The first-order chi connectivity index (χ1) is 8.82. The van der Waals surface area contributed by atoms with Crippen molar-refractivity contribution in [1.29, 1.82) is 0 Å². The van der Waals surface area contributed by atoms with Crippen LogP contribution in [0.15, 0.2) is 23.4 Å². The Balaban J connectivity index is 2.08. The third-order valence-corrected chi connectivity index (χ3v) is 4.17. The molecule has 1 fully saturated rings. The molecule has 1 aromatic rings. The molecule has 8 heteroatoms. The Morgan fingerprint density at radius 1 is 1.53 bits per heavy atom. The molecule has 0 unspecified atom stereocenters. The summed E-state index contributed by atoms with van der Waals surface area (Å²) >= 11 is 0. The van der Waals surface area contributed by atoms with Crippen LogP contribution in [0.3, 0.4) is 0 Å². The highest BCUT2D eigenvalue weighted by Gasteiger charge is 2.34. The number of hydrogen-bond acceptors (Lipinski definition) is 5. The van der Waals surface area contributed by atoms with Gasteiger partial charge in [-0.2, -0.15) is 0 Å². The van der Waals surface area contributed by atoms with Crippen LogP contribution in [0.25, 0.3) is 0 Å². The van der Waals surface area contributed by atoms with Crippen molar-refractivity contribution in [2.75, 3.05) is 19.8 Å². The lowest BCUT2D eigenvalue weighted by Crippen LogP contribution is -2.48. The summed E-state index contributed by atoms with van der Waals surface area (Å²) in [5, 5.41) is 8.52. The number of aromatic carboxylic acids is 1. The zero-order chi connectivity index (χ0) is 14.1. The number of ether oxygens (including phenoxy) is 1. The summed E-state index contributed by atoms with van der Waals surface area (Å²) in [5.41, 5.74) is -0.244. The van der Waals surface area contributed by atoms with Crippen molar-refractivity contribution in [3.8, 4) is 0 Å². The first-order valence-electron chi connectivity index (χ1n) is 5.59. The molecular formula is C11H14N2O5S. The number of carbonyl (C=O) groups is 1. The van der Waals surface area contributed by atoms with E-state index in [9.17, 15) is 13.2 Å². The van der Waals surface area contributed by atoms with Crippen LogP contribution < -0.4 is 4.72 Å². The topological polar surface area (TPSA) is 106 Å². The molecule has 0 aliphatic carbocycles. The van der Waals surface area contributed by atoms with Crippen LogP contribution in [0.1, 0.15) is 17.3 Å². The van der Waals surface area contributed by atoms with E-state index in [0.717, 1.165) is 6.20 Å². The average molecular weight is 286 g/mol. The zero-order valence-corrected chi connectivity index (χ0v) is 11.1. The number of nitrogens with one attached hydrogen (secondary N) is 1. The number of pyridine rings is 1. The molecule has 0 bridgehead atoms. The maximum atomic E-state index is 11.9. The number of rotatable bonds is 5. The van der Waals surface area contributed by atoms with Crippen molar-refractivity contribution in [1.82, 2.24) is 9.71 Å². The molecule has 0 amide bonds. The number of carboxylic acid groups (broad SMARTS) is 1. The molecule has 2 rings (SSSR count). The monoisotopic (exact) mass is 286 g/mol. The SMILES string of the molecule is CC1(CNS(=O)(=O)c2ccc(C(=O)O)cn2)COC1. The van der Waals surface area contributed by atoms with Gasteiger partial charge in [0.1, 0.15) is 0 Å². The Bertz CT molecular complexity index is 578. The second kappa shape index (κ2) is 4.87. The fraction of sp³-hybridized carbons (Fsp3) is 0.455. The highest BCUT2D eigenvalue weighted by Crippen LogP contribution is 2.25. The molecule has 1 saturated heterocycles. The van der Waals surface area contributed by atoms with E-state index in [1.807, 2.05) is 6.92 Å². The van der Waals surface area contributed by atoms with Crippen LogP contribution in [-0.4, -0.2) is 44.2 Å². The molecule has 0 radical (unpaired) electrons. The van der Waals surface area contributed by atoms with E-state index in [2.05, 4.69) is 9.71 Å². The first-order valence-corrected chi connectivity index (χ1v) is 7.08. The summed E-state index contributed by atoms with van der Waals surface area (Å²) in [5.74, 6) is -1.15. The van der Waals surface area contributed by atoms with Gasteiger partial charge in [0, 0.05) is 18.2 Å². The van der Waals surface area contributed by atoms with E-state index in [1.165, 1.54) is 12.1 Å². The van der Waals surface area contributed by atoms with E-state index < -0.39 is 16.0 Å². The summed E-state index contributed by atoms with van der Waals surface area (Å²) in [6, 6.07) is 2.38. The average Bonchev–Trinajstić information content (AvgIpc) is 2.34. The van der Waals surface area contributed by atoms with Crippen LogP contribution in [0.4, 0.5) is 0 Å². The van der Waals surface area contributed by atoms with Gasteiger partial charge in [-0.15, -0.1) is 0 Å². The minimum Gasteiger partial charge on any atom is -0.478 e. The van der Waals surface area contributed by atoms with Gasteiger partial charge in [-0.3, -0.25) is 0 Å². The molecule has 1 aliphatic rings. The quantitative estimate of drug-likeness (QED) is 0.795. The molecule has 2 N–H and O–H groups in total. The Hall–Kier alpha value is -1.51. The fourth-order valence-electron chi connectivity index (χ4n) is 1.56. The van der Waals surface area contributed by atoms with Crippen molar-refractivity contribution in [2.45, 2.75) is 11.9 Å². The third-order valence-electron chi connectivity index (χ3n) is 2.85. The number of nitrogens with zero attached hydrogens (tertiary/aromatic N) is 1. The smallest absolute Gasteiger partial charge is 0.337 e. The van der Waals surface area contributed by atoms with E-state index in [-0.39, 0.29) is 22.5 Å². The van der Waals surface area contributed by atoms with Crippen LogP contribution in [0.2, 0.25) is 0 Å². The first kappa shape index (κ1) is 13.9. The standard InChI is InChI=1S/C11H14N2O5S/c1-11(6-18-7-11)5-13-19(16,17)9-3-2-8(4-12-9)10(14)15/h2-4,13H,5-7H2,1H3,(H,14,15). The Morgan fingerprint density at radius 2 is 2.21 bits per heavy atom. The van der Waals surface area contributed by atoms with Crippen molar-refractivity contribution in [3.05, 3.63) is 23.9 Å². The van der Waals surface area contributed by atoms with Gasteiger partial charge in [-0.25, -0.2) is 22.9 Å². The molecule has 19 heavy (non-hydrogen) atoms. The van der Waals surface area contributed by atoms with Gasteiger partial charge in [0.25, 0.3) is 10.0 Å². The largest absolute Gasteiger partial charge is 0.478 e. The predicted molar refractivity (Wildman–Crippen MR) is 65.3 cm³/mol. The summed E-state index contributed by atoms with van der Waals surface area (Å²) in [4.78, 5) is 14.3. The molecule has 104 valence electrons. The Labute approximate surface area is 110 Å². The summed E-state index contributed by atoms with van der Waals surface area (Å²) in [6.45, 7) is 3.21. The normalized spacial score (nSPS) is 17.7. The minimum absolute atomic E-state index is 0.0571. The third kappa shape index (κ3) is 3.09. The van der Waals surface area contributed by atoms with Crippen LogP contribution in [-0.2, 0) is 14.8 Å². The van der Waals surface area contributed by atoms with E-state index >= 15 is 0 Å². The van der Waals surface area contributed by atoms with Gasteiger partial charge in [0.05, 0.1) is 18.8 Å². The molecule has 0 saturated carbocycles. The van der Waals surface area contributed by atoms with Gasteiger partial charge in [0.15, 0.2) is 5.03 Å². The lowest BCUT2D eigenvalue weighted by Gasteiger charge is -2.37. The fourth-order valence-corrected chi connectivity index (χ4v) is 2.69. The van der Waals surface area contributed by atoms with Crippen molar-refractivity contribution in [2.24, 2.45) is 5.41 Å². The van der Waals surface area contributed by atoms with Gasteiger partial charge in [0.2, 0.25) is 0 Å². The maximum Gasteiger partial charge on any atom is 0.337 e. The molecule has 0 aromatic carbocycles. The molecular weight excluding hydrogens is 272 g/mol. The zero-order valence-electron chi connectivity index (χ0n) is 10.3. The van der Waals surface area contributed by atoms with Gasteiger partial charge in [-0.1, -0.05) is 6.92 Å². The van der Waals surface area contributed by atoms with Gasteiger partial charge < -0.3 is 9.84 Å². The summed E-state index contributed by atoms with van der Waals surface area (Å²) < 4.78 is 31.4. The number of hydrogen-bond donors (Lipinski definition) is 2. The van der Waals surface area contributed by atoms with E-state index in [1.54, 1.807) is 0 Å². The highest BCUT2D eigenvalue weighted by atomic mass is 32.2. The van der Waals surface area contributed by atoms with Crippen molar-refractivity contribution >= 4 is 16.0 Å². The highest BCUT2D eigenvalue weighted by molar-refractivity contribution is 7.89. The molecule has 1 aromatic heterocycles. The molecule has 2 heterocycles. The van der Waals surface area contributed by atoms with E-state index in [4.69, 9.17) is 9.84 Å². The maximum absolute atomic E-state index is 11.9. The number of carboxylic acids is 1. The van der Waals surface area contributed by atoms with Gasteiger partial charge in [-0.05, 0) is 12.1 Å². The van der Waals surface area contributed by atoms with Crippen LogP contribution in [0.5, 0.6) is 0 Å².